The highest BCUT2D eigenvalue weighted by Gasteiger charge is 2.41. The second-order valence-electron chi connectivity index (χ2n) is 9.28. The second kappa shape index (κ2) is 8.31. The van der Waals surface area contributed by atoms with Crippen molar-refractivity contribution in [1.82, 2.24) is 0 Å². The molecular formula is C27H32O2S. The maximum Gasteiger partial charge on any atom is 0.317 e. The molecule has 30 heavy (non-hydrogen) atoms. The predicted octanol–water partition coefficient (Wildman–Crippen LogP) is 7.58. The third-order valence-electron chi connectivity index (χ3n) is 6.32. The van der Waals surface area contributed by atoms with Crippen molar-refractivity contribution in [3.05, 3.63) is 84.9 Å². The lowest BCUT2D eigenvalue weighted by Gasteiger charge is -2.38. The van der Waals surface area contributed by atoms with Crippen LogP contribution in [0.2, 0.25) is 0 Å². The molecule has 0 aliphatic heterocycles. The molecule has 3 heteroatoms. The predicted molar refractivity (Wildman–Crippen MR) is 127 cm³/mol. The van der Waals surface area contributed by atoms with E-state index in [2.05, 4.69) is 87.7 Å². The fourth-order valence-corrected chi connectivity index (χ4v) is 6.01. The van der Waals surface area contributed by atoms with Gasteiger partial charge in [0.15, 0.2) is 0 Å². The molecule has 0 aliphatic carbocycles. The zero-order valence-corrected chi connectivity index (χ0v) is 19.6. The van der Waals surface area contributed by atoms with E-state index >= 15 is 0 Å². The van der Waals surface area contributed by atoms with Crippen LogP contribution in [0, 0.1) is 10.8 Å². The van der Waals surface area contributed by atoms with Crippen molar-refractivity contribution in [1.29, 1.82) is 0 Å². The van der Waals surface area contributed by atoms with Crippen molar-refractivity contribution in [2.24, 2.45) is 10.8 Å². The number of hydrogen-bond acceptors (Lipinski definition) is 2. The van der Waals surface area contributed by atoms with Crippen LogP contribution in [0.15, 0.2) is 99.6 Å². The third-order valence-corrected chi connectivity index (χ3v) is 9.97. The summed E-state index contributed by atoms with van der Waals surface area (Å²) >= 11 is 0. The summed E-state index contributed by atoms with van der Waals surface area (Å²) in [4.78, 5) is 16.6. The van der Waals surface area contributed by atoms with Gasteiger partial charge in [-0.25, -0.2) is 0 Å². The molecule has 0 saturated heterocycles. The Labute approximate surface area is 182 Å². The van der Waals surface area contributed by atoms with E-state index in [0.29, 0.717) is 5.75 Å². The fourth-order valence-electron chi connectivity index (χ4n) is 3.11. The standard InChI is InChI=1S/C27H32O2S/c1-26(2,3)27(4,5)25(28)29-21-17-19-24(20-18-21)30(6,22-13-9-7-10-14-22)23-15-11-8-12-16-23/h7-20H,1-6H3. The first-order chi connectivity index (χ1) is 14.1. The molecule has 0 atom stereocenters. The van der Waals surface area contributed by atoms with E-state index in [9.17, 15) is 4.79 Å². The van der Waals surface area contributed by atoms with Gasteiger partial charge in [-0.1, -0.05) is 57.2 Å². The van der Waals surface area contributed by atoms with Crippen molar-refractivity contribution in [2.45, 2.75) is 49.3 Å². The smallest absolute Gasteiger partial charge is 0.317 e. The van der Waals surface area contributed by atoms with Crippen LogP contribution in [-0.4, -0.2) is 12.2 Å². The Morgan fingerprint density at radius 2 is 1.07 bits per heavy atom. The molecule has 2 nitrogen and oxygen atoms in total. The van der Waals surface area contributed by atoms with Crippen LogP contribution < -0.4 is 4.74 Å². The molecule has 0 aromatic heterocycles. The van der Waals surface area contributed by atoms with Crippen molar-refractivity contribution in [2.75, 3.05) is 6.26 Å². The number of carbonyl (C=O) groups is 1. The number of rotatable bonds is 5. The number of hydrogen-bond donors (Lipinski definition) is 0. The average Bonchev–Trinajstić information content (AvgIpc) is 2.74. The molecule has 3 aromatic rings. The van der Waals surface area contributed by atoms with Gasteiger partial charge in [-0.05, 0) is 88.7 Å². The van der Waals surface area contributed by atoms with Gasteiger partial charge >= 0.3 is 5.97 Å². The monoisotopic (exact) mass is 420 g/mol. The molecule has 0 spiro atoms. The molecule has 0 unspecified atom stereocenters. The molecule has 3 rings (SSSR count). The summed E-state index contributed by atoms with van der Waals surface area (Å²) in [6.07, 6.45) is 2.32. The summed E-state index contributed by atoms with van der Waals surface area (Å²) in [5.74, 6) is 0.382. The van der Waals surface area contributed by atoms with Gasteiger partial charge in [0.2, 0.25) is 0 Å². The number of benzene rings is 3. The van der Waals surface area contributed by atoms with Crippen molar-refractivity contribution in [3.8, 4) is 5.75 Å². The lowest BCUT2D eigenvalue weighted by Crippen LogP contribution is -2.40. The Hall–Kier alpha value is -2.52. The highest BCUT2D eigenvalue weighted by molar-refractivity contribution is 8.33. The maximum absolute atomic E-state index is 12.8. The van der Waals surface area contributed by atoms with Gasteiger partial charge in [0.1, 0.15) is 5.75 Å². The summed E-state index contributed by atoms with van der Waals surface area (Å²) in [5.41, 5.74) is -0.771. The van der Waals surface area contributed by atoms with Crippen LogP contribution in [0.4, 0.5) is 0 Å². The first kappa shape index (κ1) is 22.2. The molecule has 3 aromatic carbocycles. The number of carbonyl (C=O) groups excluding carboxylic acids is 1. The normalized spacial score (nSPS) is 13.0. The van der Waals surface area contributed by atoms with E-state index in [-0.39, 0.29) is 11.4 Å². The Bertz CT molecular complexity index is 945. The van der Waals surface area contributed by atoms with Crippen molar-refractivity contribution < 1.29 is 9.53 Å². The van der Waals surface area contributed by atoms with Gasteiger partial charge in [-0.2, -0.15) is 10.0 Å². The number of ether oxygens (including phenoxy) is 1. The van der Waals surface area contributed by atoms with E-state index in [1.165, 1.54) is 14.7 Å². The van der Waals surface area contributed by atoms with Gasteiger partial charge < -0.3 is 4.74 Å². The van der Waals surface area contributed by atoms with E-state index in [1.807, 2.05) is 38.1 Å². The van der Waals surface area contributed by atoms with Crippen LogP contribution in [0.3, 0.4) is 0 Å². The summed E-state index contributed by atoms with van der Waals surface area (Å²) in [5, 5.41) is 0. The summed E-state index contributed by atoms with van der Waals surface area (Å²) in [6, 6.07) is 29.3. The molecule has 0 aliphatic rings. The van der Waals surface area contributed by atoms with Crippen LogP contribution in [0.1, 0.15) is 34.6 Å². The molecule has 0 radical (unpaired) electrons. The zero-order valence-electron chi connectivity index (χ0n) is 18.8. The quantitative estimate of drug-likeness (QED) is 0.314. The minimum absolute atomic E-state index is 0.187. The molecule has 0 fully saturated rings. The minimum atomic E-state index is -1.41. The Kier molecular flexibility index (Phi) is 6.14. The summed E-state index contributed by atoms with van der Waals surface area (Å²) < 4.78 is 5.76. The molecular weight excluding hydrogens is 388 g/mol. The molecule has 0 heterocycles. The van der Waals surface area contributed by atoms with E-state index in [4.69, 9.17) is 4.74 Å². The van der Waals surface area contributed by atoms with Crippen molar-refractivity contribution >= 4 is 16.0 Å². The van der Waals surface area contributed by atoms with Crippen LogP contribution >= 0.6 is 10.0 Å². The first-order valence-electron chi connectivity index (χ1n) is 10.3. The first-order valence-corrected chi connectivity index (χ1v) is 12.3. The van der Waals surface area contributed by atoms with Crippen LogP contribution in [0.5, 0.6) is 5.75 Å². The molecule has 0 bridgehead atoms. The third kappa shape index (κ3) is 4.17. The number of esters is 1. The van der Waals surface area contributed by atoms with E-state index in [1.54, 1.807) is 0 Å². The highest BCUT2D eigenvalue weighted by Crippen LogP contribution is 2.65. The molecule has 158 valence electrons. The lowest BCUT2D eigenvalue weighted by atomic mass is 9.69. The highest BCUT2D eigenvalue weighted by atomic mass is 32.3. The van der Waals surface area contributed by atoms with Gasteiger partial charge in [-0.3, -0.25) is 4.79 Å². The average molecular weight is 421 g/mol. The van der Waals surface area contributed by atoms with Gasteiger partial charge in [0.25, 0.3) is 0 Å². The van der Waals surface area contributed by atoms with Gasteiger partial charge in [0.05, 0.1) is 5.41 Å². The van der Waals surface area contributed by atoms with Crippen LogP contribution in [-0.2, 0) is 4.79 Å². The maximum atomic E-state index is 12.8. The lowest BCUT2D eigenvalue weighted by molar-refractivity contribution is -0.150. The second-order valence-corrected chi connectivity index (χ2v) is 12.5. The minimum Gasteiger partial charge on any atom is -0.426 e. The van der Waals surface area contributed by atoms with Crippen molar-refractivity contribution in [3.63, 3.8) is 0 Å². The SMILES string of the molecule is CC(C)(C)C(C)(C)C(=O)Oc1ccc(S(C)(c2ccccc2)c2ccccc2)cc1. The van der Waals surface area contributed by atoms with Gasteiger partial charge in [0, 0.05) is 0 Å². The van der Waals surface area contributed by atoms with E-state index in [0.717, 1.165) is 0 Å². The largest absolute Gasteiger partial charge is 0.426 e. The fraction of sp³-hybridized carbons (Fsp3) is 0.296. The molecule has 0 amide bonds. The van der Waals surface area contributed by atoms with Gasteiger partial charge in [-0.15, -0.1) is 0 Å². The Morgan fingerprint density at radius 1 is 0.667 bits per heavy atom. The summed E-state index contributed by atoms with van der Waals surface area (Å²) in [6.45, 7) is 10.1. The molecule has 0 N–H and O–H groups in total. The Balaban J connectivity index is 1.96. The Morgan fingerprint density at radius 3 is 1.47 bits per heavy atom. The van der Waals surface area contributed by atoms with Crippen LogP contribution in [0.25, 0.3) is 0 Å². The zero-order chi connectivity index (χ0) is 22.0. The van der Waals surface area contributed by atoms with E-state index < -0.39 is 15.4 Å². The summed E-state index contributed by atoms with van der Waals surface area (Å²) in [7, 11) is -1.41. The molecule has 0 saturated carbocycles. The topological polar surface area (TPSA) is 26.3 Å².